The average molecular weight is 300 g/mol. The molecule has 2 rings (SSSR count). The minimum Gasteiger partial charge on any atom is -0.396 e. The van der Waals surface area contributed by atoms with Crippen molar-refractivity contribution >= 4 is 0 Å². The van der Waals surface area contributed by atoms with E-state index in [1.165, 1.54) is 6.07 Å². The third kappa shape index (κ3) is 4.56. The third-order valence-electron chi connectivity index (χ3n) is 2.93. The van der Waals surface area contributed by atoms with Gasteiger partial charge in [0, 0.05) is 19.4 Å². The number of hydrogen-bond acceptors (Lipinski definition) is 4. The summed E-state index contributed by atoms with van der Waals surface area (Å²) < 4.78 is 42.9. The molecule has 1 heterocycles. The maximum atomic E-state index is 12.6. The molecule has 0 saturated carbocycles. The lowest BCUT2D eigenvalue weighted by Gasteiger charge is -2.07. The highest BCUT2D eigenvalue weighted by molar-refractivity contribution is 5.27. The maximum absolute atomic E-state index is 12.6. The molecule has 4 nitrogen and oxygen atoms in total. The molecule has 1 aromatic heterocycles. The van der Waals surface area contributed by atoms with Gasteiger partial charge in [0.1, 0.15) is 0 Å². The summed E-state index contributed by atoms with van der Waals surface area (Å²) >= 11 is 0. The van der Waals surface area contributed by atoms with E-state index in [-0.39, 0.29) is 13.0 Å². The maximum Gasteiger partial charge on any atom is 0.416 e. The Hall–Kier alpha value is -1.89. The van der Waals surface area contributed by atoms with Crippen LogP contribution in [0, 0.1) is 0 Å². The number of halogens is 3. The van der Waals surface area contributed by atoms with E-state index >= 15 is 0 Å². The Morgan fingerprint density at radius 2 is 2.00 bits per heavy atom. The van der Waals surface area contributed by atoms with Crippen LogP contribution in [0.15, 0.2) is 28.8 Å². The van der Waals surface area contributed by atoms with Gasteiger partial charge in [-0.2, -0.15) is 18.2 Å². The Labute approximate surface area is 119 Å². The normalized spacial score (nSPS) is 11.8. The highest BCUT2D eigenvalue weighted by atomic mass is 19.4. The quantitative estimate of drug-likeness (QED) is 0.833. The molecule has 0 aliphatic rings. The summed E-state index contributed by atoms with van der Waals surface area (Å²) in [5, 5.41) is 12.4. The number of nitrogens with zero attached hydrogens (tertiary/aromatic N) is 2. The molecule has 0 radical (unpaired) electrons. The molecule has 21 heavy (non-hydrogen) atoms. The molecule has 114 valence electrons. The Morgan fingerprint density at radius 1 is 1.19 bits per heavy atom. The van der Waals surface area contributed by atoms with Crippen molar-refractivity contribution in [2.24, 2.45) is 0 Å². The standard InChI is InChI=1S/C14H15F3N2O2/c15-14(16,17)11-5-3-4-10(8-11)9-12-18-13(21-19-12)6-1-2-7-20/h3-5,8,20H,1-2,6-7,9H2. The molecular formula is C14H15F3N2O2. The van der Waals surface area contributed by atoms with Crippen molar-refractivity contribution < 1.29 is 22.8 Å². The number of aromatic nitrogens is 2. The lowest BCUT2D eigenvalue weighted by atomic mass is 10.1. The van der Waals surface area contributed by atoms with E-state index in [1.807, 2.05) is 0 Å². The summed E-state index contributed by atoms with van der Waals surface area (Å²) in [6.07, 6.45) is -2.25. The highest BCUT2D eigenvalue weighted by Gasteiger charge is 2.30. The smallest absolute Gasteiger partial charge is 0.396 e. The fraction of sp³-hybridized carbons (Fsp3) is 0.429. The van der Waals surface area contributed by atoms with Gasteiger partial charge in [0.2, 0.25) is 5.89 Å². The highest BCUT2D eigenvalue weighted by Crippen LogP contribution is 2.29. The van der Waals surface area contributed by atoms with Crippen molar-refractivity contribution in [1.82, 2.24) is 10.1 Å². The monoisotopic (exact) mass is 300 g/mol. The molecule has 0 atom stereocenters. The first-order valence-corrected chi connectivity index (χ1v) is 6.57. The summed E-state index contributed by atoms with van der Waals surface area (Å²) in [5.74, 6) is 0.791. The van der Waals surface area contributed by atoms with E-state index in [0.717, 1.165) is 18.6 Å². The topological polar surface area (TPSA) is 59.2 Å². The van der Waals surface area contributed by atoms with Gasteiger partial charge in [-0.1, -0.05) is 23.4 Å². The molecule has 0 unspecified atom stereocenters. The number of hydrogen-bond donors (Lipinski definition) is 1. The zero-order chi connectivity index (χ0) is 15.3. The van der Waals surface area contributed by atoms with Gasteiger partial charge in [0.25, 0.3) is 0 Å². The van der Waals surface area contributed by atoms with Crippen molar-refractivity contribution in [2.45, 2.75) is 31.9 Å². The van der Waals surface area contributed by atoms with Crippen molar-refractivity contribution in [3.05, 3.63) is 47.1 Å². The number of aliphatic hydroxyl groups excluding tert-OH is 1. The van der Waals surface area contributed by atoms with E-state index in [1.54, 1.807) is 6.07 Å². The molecular weight excluding hydrogens is 285 g/mol. The molecule has 1 N–H and O–H groups in total. The van der Waals surface area contributed by atoms with E-state index in [0.29, 0.717) is 30.1 Å². The molecule has 0 fully saturated rings. The second kappa shape index (κ2) is 6.71. The fourth-order valence-electron chi connectivity index (χ4n) is 1.89. The Bertz CT molecular complexity index is 582. The second-order valence-corrected chi connectivity index (χ2v) is 4.66. The van der Waals surface area contributed by atoms with Gasteiger partial charge >= 0.3 is 6.18 Å². The molecule has 0 bridgehead atoms. The fourth-order valence-corrected chi connectivity index (χ4v) is 1.89. The van der Waals surface area contributed by atoms with Crippen LogP contribution in [0.5, 0.6) is 0 Å². The summed E-state index contributed by atoms with van der Waals surface area (Å²) in [5.41, 5.74) is -0.209. The SMILES string of the molecule is OCCCCc1nc(Cc2cccc(C(F)(F)F)c2)no1. The minimum absolute atomic E-state index is 0.102. The van der Waals surface area contributed by atoms with Crippen LogP contribution in [-0.4, -0.2) is 21.9 Å². The van der Waals surface area contributed by atoms with Crippen LogP contribution in [0.1, 0.15) is 35.7 Å². The van der Waals surface area contributed by atoms with Crippen LogP contribution in [0.4, 0.5) is 13.2 Å². The Morgan fingerprint density at radius 3 is 2.71 bits per heavy atom. The summed E-state index contributed by atoms with van der Waals surface area (Å²) in [4.78, 5) is 4.13. The van der Waals surface area contributed by atoms with Crippen LogP contribution in [0.3, 0.4) is 0 Å². The van der Waals surface area contributed by atoms with E-state index in [2.05, 4.69) is 10.1 Å². The largest absolute Gasteiger partial charge is 0.416 e. The average Bonchev–Trinajstić information content (AvgIpc) is 2.86. The summed E-state index contributed by atoms with van der Waals surface area (Å²) in [6, 6.07) is 5.07. The number of rotatable bonds is 6. The van der Waals surface area contributed by atoms with E-state index in [9.17, 15) is 13.2 Å². The third-order valence-corrected chi connectivity index (χ3v) is 2.93. The van der Waals surface area contributed by atoms with Crippen LogP contribution >= 0.6 is 0 Å². The van der Waals surface area contributed by atoms with Gasteiger partial charge in [-0.3, -0.25) is 0 Å². The van der Waals surface area contributed by atoms with Gasteiger partial charge in [-0.15, -0.1) is 0 Å². The second-order valence-electron chi connectivity index (χ2n) is 4.66. The molecule has 7 heteroatoms. The van der Waals surface area contributed by atoms with Crippen LogP contribution in [0.25, 0.3) is 0 Å². The zero-order valence-electron chi connectivity index (χ0n) is 11.2. The van der Waals surface area contributed by atoms with Gasteiger partial charge in [-0.25, -0.2) is 0 Å². The molecule has 0 aliphatic carbocycles. The number of alkyl halides is 3. The van der Waals surface area contributed by atoms with Crippen LogP contribution < -0.4 is 0 Å². The van der Waals surface area contributed by atoms with Crippen molar-refractivity contribution in [1.29, 1.82) is 0 Å². The van der Waals surface area contributed by atoms with Gasteiger partial charge in [0.05, 0.1) is 5.56 Å². The first-order valence-electron chi connectivity index (χ1n) is 6.57. The van der Waals surface area contributed by atoms with E-state index < -0.39 is 11.7 Å². The molecule has 1 aromatic carbocycles. The molecule has 0 amide bonds. The molecule has 0 spiro atoms. The van der Waals surface area contributed by atoms with Crippen LogP contribution in [-0.2, 0) is 19.0 Å². The van der Waals surface area contributed by atoms with Crippen molar-refractivity contribution in [3.63, 3.8) is 0 Å². The first-order chi connectivity index (χ1) is 9.99. The number of aliphatic hydroxyl groups is 1. The van der Waals surface area contributed by atoms with E-state index in [4.69, 9.17) is 9.63 Å². The Kier molecular flexibility index (Phi) is 4.95. The minimum atomic E-state index is -4.36. The van der Waals surface area contributed by atoms with Crippen molar-refractivity contribution in [3.8, 4) is 0 Å². The zero-order valence-corrected chi connectivity index (χ0v) is 11.2. The lowest BCUT2D eigenvalue weighted by molar-refractivity contribution is -0.137. The van der Waals surface area contributed by atoms with Gasteiger partial charge < -0.3 is 9.63 Å². The van der Waals surface area contributed by atoms with Crippen molar-refractivity contribution in [2.75, 3.05) is 6.61 Å². The predicted octanol–water partition coefficient (Wildman–Crippen LogP) is 2.99. The first kappa shape index (κ1) is 15.5. The van der Waals surface area contributed by atoms with Crippen LogP contribution in [0.2, 0.25) is 0 Å². The molecule has 2 aromatic rings. The van der Waals surface area contributed by atoms with Gasteiger partial charge in [-0.05, 0) is 24.5 Å². The number of unbranched alkanes of at least 4 members (excludes halogenated alkanes) is 1. The number of benzene rings is 1. The Balaban J connectivity index is 2.02. The molecule has 0 aliphatic heterocycles. The predicted molar refractivity (Wildman–Crippen MR) is 68.6 cm³/mol. The number of aryl methyl sites for hydroxylation is 1. The lowest BCUT2D eigenvalue weighted by Crippen LogP contribution is -2.05. The summed E-state index contributed by atoms with van der Waals surface area (Å²) in [6.45, 7) is 0.102. The molecule has 0 saturated heterocycles. The van der Waals surface area contributed by atoms with Gasteiger partial charge in [0.15, 0.2) is 5.82 Å². The summed E-state index contributed by atoms with van der Waals surface area (Å²) in [7, 11) is 0.